The standard InChI is InChI=1S/C74H54N4.C62H46N4/c1-7-19-61(20-8-1)75(62-21-9-2-10-22-62)67-41-33-55(34-42-67)57-37-45-69(46-38-57)77(65-27-15-5-16-28-65)71-49-51-73-59(53-71)31-32-60-54-72(50-52-74(60)73)78(66-29-17-6-18-30-66)70-47-39-58(40-48-70)56-35-43-68(44-36-56)76(63-23-11-3-12-24-63)64-25-13-4-14-26-64;1-7-19-49(20-8-1)63(50-21-9-2-10-22-50)55-33-37-57(38-34-55)65(53-27-15-5-16-28-53)59-41-43-61-47(45-59)31-32-48-46-60(42-44-62(48)61)66(54-29-17-6-18-30-54)58-39-35-56(36-40-58)64(51-23-11-3-12-24-51)52-25-13-4-14-26-52/h1-54H;1-46H. The Morgan fingerprint density at radius 3 is 0.299 bits per heavy atom. The van der Waals surface area contributed by atoms with Gasteiger partial charge in [0.25, 0.3) is 0 Å². The maximum absolute atomic E-state index is 2.35. The van der Waals surface area contributed by atoms with E-state index in [4.69, 9.17) is 0 Å². The van der Waals surface area contributed by atoms with E-state index < -0.39 is 0 Å². The highest BCUT2D eigenvalue weighted by molar-refractivity contribution is 6.12. The van der Waals surface area contributed by atoms with E-state index >= 15 is 0 Å². The number of nitrogens with zero attached hydrogens (tertiary/aromatic N) is 8. The zero-order chi connectivity index (χ0) is 96.1. The summed E-state index contributed by atoms with van der Waals surface area (Å²) in [4.78, 5) is 18.6. The zero-order valence-corrected chi connectivity index (χ0v) is 79.3. The minimum Gasteiger partial charge on any atom is -0.311 e. The van der Waals surface area contributed by atoms with Crippen LogP contribution < -0.4 is 39.2 Å². The molecule has 24 aromatic rings. The molecular weight excluding hydrogens is 1750 g/mol. The Bertz CT molecular complexity index is 7750. The molecule has 0 amide bonds. The largest absolute Gasteiger partial charge is 0.311 e. The van der Waals surface area contributed by atoms with Crippen molar-refractivity contribution in [3.8, 4) is 22.3 Å². The van der Waals surface area contributed by atoms with E-state index in [1.54, 1.807) is 0 Å². The van der Waals surface area contributed by atoms with Gasteiger partial charge in [-0.1, -0.05) is 315 Å². The van der Waals surface area contributed by atoms with Gasteiger partial charge in [-0.2, -0.15) is 0 Å². The molecule has 0 saturated heterocycles. The van der Waals surface area contributed by atoms with Crippen LogP contribution in [0.1, 0.15) is 0 Å². The van der Waals surface area contributed by atoms with Gasteiger partial charge in [0.1, 0.15) is 0 Å². The summed E-state index contributed by atoms with van der Waals surface area (Å²) in [5.41, 5.74) is 31.1. The van der Waals surface area contributed by atoms with Crippen LogP contribution >= 0.6 is 0 Å². The monoisotopic (exact) mass is 1840 g/mol. The average Bonchev–Trinajstić information content (AvgIpc) is 0.757. The molecule has 144 heavy (non-hydrogen) atoms. The molecule has 0 aromatic heterocycles. The third kappa shape index (κ3) is 18.8. The highest BCUT2D eigenvalue weighted by Gasteiger charge is 2.24. The molecular formula is C136H100N8. The van der Waals surface area contributed by atoms with Crippen LogP contribution in [0, 0.1) is 0 Å². The molecule has 0 aliphatic carbocycles. The third-order valence-corrected chi connectivity index (χ3v) is 26.7. The summed E-state index contributed by atoms with van der Waals surface area (Å²) in [6.45, 7) is 0. The Kier molecular flexibility index (Phi) is 25.4. The molecule has 0 N–H and O–H groups in total. The predicted molar refractivity (Wildman–Crippen MR) is 611 cm³/mol. The second-order valence-corrected chi connectivity index (χ2v) is 35.7. The quantitative estimate of drug-likeness (QED) is 0.0495. The fraction of sp³-hybridized carbons (Fsp3) is 0. The maximum Gasteiger partial charge on any atom is 0.0468 e. The van der Waals surface area contributed by atoms with E-state index in [0.717, 1.165) is 159 Å². The van der Waals surface area contributed by atoms with Crippen LogP contribution in [0.15, 0.2) is 607 Å². The molecule has 0 saturated carbocycles. The minimum absolute atomic E-state index is 1.08. The molecule has 0 heterocycles. The topological polar surface area (TPSA) is 25.9 Å². The number of benzene rings is 24. The molecule has 0 bridgehead atoms. The van der Waals surface area contributed by atoms with Crippen LogP contribution in [-0.2, 0) is 0 Å². The molecule has 8 nitrogen and oxygen atoms in total. The Hall–Kier alpha value is -19.3. The van der Waals surface area contributed by atoms with Crippen molar-refractivity contribution in [2.75, 3.05) is 39.2 Å². The fourth-order valence-electron chi connectivity index (χ4n) is 19.9. The lowest BCUT2D eigenvalue weighted by Gasteiger charge is -2.29. The molecule has 24 aromatic carbocycles. The van der Waals surface area contributed by atoms with E-state index in [2.05, 4.69) is 646 Å². The minimum atomic E-state index is 1.08. The summed E-state index contributed by atoms with van der Waals surface area (Å²) in [7, 11) is 0. The second-order valence-electron chi connectivity index (χ2n) is 35.7. The number of anilines is 24. The molecule has 0 spiro atoms. The van der Waals surface area contributed by atoms with Crippen molar-refractivity contribution >= 4 is 180 Å². The van der Waals surface area contributed by atoms with Gasteiger partial charge in [0.05, 0.1) is 0 Å². The van der Waals surface area contributed by atoms with E-state index in [-0.39, 0.29) is 0 Å². The first-order valence-corrected chi connectivity index (χ1v) is 49.0. The summed E-state index contributed by atoms with van der Waals surface area (Å²) in [5.74, 6) is 0. The van der Waals surface area contributed by atoms with Gasteiger partial charge >= 0.3 is 0 Å². The van der Waals surface area contributed by atoms with Crippen LogP contribution in [0.3, 0.4) is 0 Å². The highest BCUT2D eigenvalue weighted by atomic mass is 15.2. The molecule has 0 aliphatic heterocycles. The van der Waals surface area contributed by atoms with E-state index in [1.165, 1.54) is 43.1 Å². The molecule has 24 rings (SSSR count). The van der Waals surface area contributed by atoms with Gasteiger partial charge in [0, 0.05) is 136 Å². The Morgan fingerprint density at radius 1 is 0.0764 bits per heavy atom. The van der Waals surface area contributed by atoms with Crippen molar-refractivity contribution in [2.45, 2.75) is 0 Å². The summed E-state index contributed by atoms with van der Waals surface area (Å²) in [5, 5.41) is 9.58. The molecule has 684 valence electrons. The Balaban J connectivity index is 0.000000162. The molecule has 0 aliphatic rings. The number of hydrogen-bond acceptors (Lipinski definition) is 8. The van der Waals surface area contributed by atoms with Crippen molar-refractivity contribution in [1.82, 2.24) is 0 Å². The van der Waals surface area contributed by atoms with Crippen LogP contribution in [-0.4, -0.2) is 0 Å². The van der Waals surface area contributed by atoms with Crippen LogP contribution in [0.4, 0.5) is 136 Å². The van der Waals surface area contributed by atoms with Gasteiger partial charge in [0.15, 0.2) is 0 Å². The highest BCUT2D eigenvalue weighted by Crippen LogP contribution is 2.48. The Labute approximate surface area is 841 Å². The predicted octanol–water partition coefficient (Wildman–Crippen LogP) is 39.1. The summed E-state index contributed by atoms with van der Waals surface area (Å²) in [6.07, 6.45) is 0. The van der Waals surface area contributed by atoms with Gasteiger partial charge in [-0.15, -0.1) is 0 Å². The first kappa shape index (κ1) is 88.7. The lowest BCUT2D eigenvalue weighted by Crippen LogP contribution is -2.12. The molecule has 8 heteroatoms. The normalized spacial score (nSPS) is 11.1. The molecule has 0 unspecified atom stereocenters. The van der Waals surface area contributed by atoms with Gasteiger partial charge in [0.2, 0.25) is 0 Å². The number of fused-ring (bicyclic) bond motifs is 6. The van der Waals surface area contributed by atoms with Crippen LogP contribution in [0.5, 0.6) is 0 Å². The molecule has 0 radical (unpaired) electrons. The Morgan fingerprint density at radius 2 is 0.174 bits per heavy atom. The van der Waals surface area contributed by atoms with Gasteiger partial charge < -0.3 is 39.2 Å². The first-order chi connectivity index (χ1) is 71.4. The summed E-state index contributed by atoms with van der Waals surface area (Å²) >= 11 is 0. The van der Waals surface area contributed by atoms with E-state index in [9.17, 15) is 0 Å². The maximum atomic E-state index is 2.35. The van der Waals surface area contributed by atoms with Crippen molar-refractivity contribution in [1.29, 1.82) is 0 Å². The number of hydrogen-bond donors (Lipinski definition) is 0. The van der Waals surface area contributed by atoms with Gasteiger partial charge in [-0.05, 0) is 357 Å². The van der Waals surface area contributed by atoms with Gasteiger partial charge in [-0.25, -0.2) is 0 Å². The lowest BCUT2D eigenvalue weighted by atomic mass is 9.99. The van der Waals surface area contributed by atoms with Crippen LogP contribution in [0.2, 0.25) is 0 Å². The average molecular weight is 1850 g/mol. The summed E-state index contributed by atoms with van der Waals surface area (Å²) < 4.78 is 0. The number of rotatable bonds is 26. The lowest BCUT2D eigenvalue weighted by molar-refractivity contribution is 1.26. The zero-order valence-electron chi connectivity index (χ0n) is 79.3. The van der Waals surface area contributed by atoms with E-state index in [1.807, 2.05) is 0 Å². The number of para-hydroxylation sites is 12. The summed E-state index contributed by atoms with van der Waals surface area (Å²) in [6, 6.07) is 217. The second kappa shape index (κ2) is 41.2. The molecule has 0 atom stereocenters. The van der Waals surface area contributed by atoms with Crippen LogP contribution in [0.25, 0.3) is 65.3 Å². The van der Waals surface area contributed by atoms with Gasteiger partial charge in [-0.3, -0.25) is 0 Å². The van der Waals surface area contributed by atoms with Crippen molar-refractivity contribution < 1.29 is 0 Å². The SMILES string of the molecule is c1ccc(N(c2ccccc2)c2ccc(-c3ccc(N(c4ccccc4)c4ccc5c(ccc6cc(N(c7ccccc7)c7ccc(-c8ccc(N(c9ccccc9)c9ccccc9)cc8)cc7)ccc65)c4)cc3)cc2)cc1.c1ccc(N(c2ccccc2)c2ccc(N(c3ccccc3)c3ccc4c(ccc5cc(N(c6ccccc6)c6ccc(N(c7ccccc7)c7ccccc7)cc6)ccc54)c3)cc2)cc1. The van der Waals surface area contributed by atoms with E-state index in [0.29, 0.717) is 0 Å². The fourth-order valence-corrected chi connectivity index (χ4v) is 19.9. The smallest absolute Gasteiger partial charge is 0.0468 e. The molecule has 0 fully saturated rings. The van der Waals surface area contributed by atoms with Crippen molar-refractivity contribution in [3.05, 3.63) is 607 Å². The van der Waals surface area contributed by atoms with Crippen molar-refractivity contribution in [2.24, 2.45) is 0 Å². The third-order valence-electron chi connectivity index (χ3n) is 26.7. The van der Waals surface area contributed by atoms with Crippen molar-refractivity contribution in [3.63, 3.8) is 0 Å². The first-order valence-electron chi connectivity index (χ1n) is 49.0.